The molecule has 2 aromatic rings. The van der Waals surface area contributed by atoms with Gasteiger partial charge in [-0.05, 0) is 44.2 Å². The summed E-state index contributed by atoms with van der Waals surface area (Å²) in [6.07, 6.45) is 0. The summed E-state index contributed by atoms with van der Waals surface area (Å²) in [6, 6.07) is 15.7. The van der Waals surface area contributed by atoms with E-state index in [1.807, 2.05) is 74.3 Å². The van der Waals surface area contributed by atoms with Gasteiger partial charge in [0.25, 0.3) is 0 Å². The maximum Gasteiger partial charge on any atom is 0.237 e. The van der Waals surface area contributed by atoms with E-state index in [1.54, 1.807) is 0 Å². The van der Waals surface area contributed by atoms with Gasteiger partial charge in [0, 0.05) is 6.54 Å². The van der Waals surface area contributed by atoms with Crippen LogP contribution in [0.15, 0.2) is 48.5 Å². The van der Waals surface area contributed by atoms with Gasteiger partial charge in [0.15, 0.2) is 11.5 Å². The Morgan fingerprint density at radius 2 is 1.77 bits per heavy atom. The third kappa shape index (κ3) is 4.35. The van der Waals surface area contributed by atoms with Crippen LogP contribution in [-0.2, 0) is 11.3 Å². The van der Waals surface area contributed by atoms with Crippen molar-refractivity contribution < 1.29 is 14.3 Å². The maximum absolute atomic E-state index is 12.6. The molecule has 0 aliphatic carbocycles. The predicted octanol–water partition coefficient (Wildman–Crippen LogP) is 3.16. The summed E-state index contributed by atoms with van der Waals surface area (Å²) in [5, 5.41) is 3.09. The summed E-state index contributed by atoms with van der Waals surface area (Å²) in [4.78, 5) is 14.6. The number of hydrogen-bond acceptors (Lipinski definition) is 4. The normalized spacial score (nSPS) is 15.4. The first kappa shape index (κ1) is 18.3. The highest BCUT2D eigenvalue weighted by Crippen LogP contribution is 2.31. The number of nitrogens with zero attached hydrogens (tertiary/aromatic N) is 1. The molecule has 1 aliphatic rings. The first-order valence-corrected chi connectivity index (χ1v) is 8.98. The molecule has 0 unspecified atom stereocenters. The lowest BCUT2D eigenvalue weighted by atomic mass is 10.1. The van der Waals surface area contributed by atoms with Gasteiger partial charge in [-0.25, -0.2) is 0 Å². The highest BCUT2D eigenvalue weighted by atomic mass is 16.6. The Balaban J connectivity index is 1.58. The van der Waals surface area contributed by atoms with Crippen LogP contribution in [0, 0.1) is 0 Å². The fourth-order valence-corrected chi connectivity index (χ4v) is 2.97. The van der Waals surface area contributed by atoms with Crippen LogP contribution in [0.5, 0.6) is 11.5 Å². The third-order valence-corrected chi connectivity index (χ3v) is 4.74. The summed E-state index contributed by atoms with van der Waals surface area (Å²) < 4.78 is 11.2. The second-order valence-electron chi connectivity index (χ2n) is 6.71. The number of fused-ring (bicyclic) bond motifs is 1. The van der Waals surface area contributed by atoms with Crippen LogP contribution in [0.4, 0.5) is 0 Å². The Labute approximate surface area is 154 Å². The summed E-state index contributed by atoms with van der Waals surface area (Å²) in [5.74, 6) is 1.57. The van der Waals surface area contributed by atoms with Crippen LogP contribution in [0.2, 0.25) is 0 Å². The van der Waals surface area contributed by atoms with Gasteiger partial charge in [-0.3, -0.25) is 9.69 Å². The van der Waals surface area contributed by atoms with E-state index in [2.05, 4.69) is 5.32 Å². The number of benzene rings is 2. The van der Waals surface area contributed by atoms with Crippen LogP contribution in [-0.4, -0.2) is 37.1 Å². The van der Waals surface area contributed by atoms with Crippen LogP contribution >= 0.6 is 0 Å². The van der Waals surface area contributed by atoms with Crippen LogP contribution in [0.1, 0.15) is 31.0 Å². The molecule has 1 aliphatic heterocycles. The highest BCUT2D eigenvalue weighted by molar-refractivity contribution is 5.81. The highest BCUT2D eigenvalue weighted by Gasteiger charge is 2.21. The average Bonchev–Trinajstić information content (AvgIpc) is 2.67. The Morgan fingerprint density at radius 1 is 1.08 bits per heavy atom. The maximum atomic E-state index is 12.6. The molecule has 26 heavy (non-hydrogen) atoms. The van der Waals surface area contributed by atoms with Gasteiger partial charge in [-0.15, -0.1) is 0 Å². The number of nitrogens with one attached hydrogen (secondary N) is 1. The molecule has 0 spiro atoms. The largest absolute Gasteiger partial charge is 0.486 e. The zero-order valence-electron chi connectivity index (χ0n) is 15.6. The topological polar surface area (TPSA) is 50.8 Å². The third-order valence-electron chi connectivity index (χ3n) is 4.74. The number of carbonyl (C=O) groups is 1. The van der Waals surface area contributed by atoms with Crippen LogP contribution in [0.3, 0.4) is 0 Å². The molecule has 3 rings (SSSR count). The van der Waals surface area contributed by atoms with Crippen LogP contribution in [0.25, 0.3) is 0 Å². The number of likely N-dealkylation sites (N-methyl/N-ethyl adjacent to an activating group) is 1. The van der Waals surface area contributed by atoms with Crippen molar-refractivity contribution in [1.82, 2.24) is 10.2 Å². The average molecular weight is 354 g/mol. The van der Waals surface area contributed by atoms with E-state index in [1.165, 1.54) is 0 Å². The SMILES string of the molecule is C[C@H](NC(=O)[C@@H](C)N(C)Cc1ccc2c(c1)OCCO2)c1ccccc1. The molecule has 2 aromatic carbocycles. The molecule has 1 N–H and O–H groups in total. The van der Waals surface area contributed by atoms with Crippen molar-refractivity contribution >= 4 is 5.91 Å². The second kappa shape index (κ2) is 8.23. The van der Waals surface area contributed by atoms with Crippen molar-refractivity contribution in [2.75, 3.05) is 20.3 Å². The van der Waals surface area contributed by atoms with Crippen LogP contribution < -0.4 is 14.8 Å². The van der Waals surface area contributed by atoms with Crippen molar-refractivity contribution in [1.29, 1.82) is 0 Å². The van der Waals surface area contributed by atoms with Gasteiger partial charge in [-0.2, -0.15) is 0 Å². The fraction of sp³-hybridized carbons (Fsp3) is 0.381. The van der Waals surface area contributed by atoms with Gasteiger partial charge in [0.2, 0.25) is 5.91 Å². The molecule has 1 heterocycles. The van der Waals surface area contributed by atoms with Gasteiger partial charge in [0.1, 0.15) is 13.2 Å². The molecule has 0 fully saturated rings. The number of hydrogen-bond donors (Lipinski definition) is 1. The van der Waals surface area contributed by atoms with Crippen molar-refractivity contribution in [2.45, 2.75) is 32.5 Å². The minimum Gasteiger partial charge on any atom is -0.486 e. The number of amides is 1. The first-order valence-electron chi connectivity index (χ1n) is 8.98. The van der Waals surface area contributed by atoms with E-state index in [4.69, 9.17) is 9.47 Å². The van der Waals surface area contributed by atoms with Gasteiger partial charge in [0.05, 0.1) is 12.1 Å². The quantitative estimate of drug-likeness (QED) is 0.866. The lowest BCUT2D eigenvalue weighted by Crippen LogP contribution is -2.43. The Morgan fingerprint density at radius 3 is 2.50 bits per heavy atom. The molecule has 0 saturated heterocycles. The van der Waals surface area contributed by atoms with E-state index in [0.29, 0.717) is 19.8 Å². The second-order valence-corrected chi connectivity index (χ2v) is 6.71. The molecule has 0 aromatic heterocycles. The van der Waals surface area contributed by atoms with Gasteiger partial charge in [-0.1, -0.05) is 36.4 Å². The Kier molecular flexibility index (Phi) is 5.78. The Bertz CT molecular complexity index is 748. The number of carbonyl (C=O) groups excluding carboxylic acids is 1. The molecule has 5 nitrogen and oxygen atoms in total. The lowest BCUT2D eigenvalue weighted by molar-refractivity contribution is -0.126. The zero-order valence-corrected chi connectivity index (χ0v) is 15.6. The summed E-state index contributed by atoms with van der Waals surface area (Å²) >= 11 is 0. The summed E-state index contributed by atoms with van der Waals surface area (Å²) in [6.45, 7) is 5.74. The van der Waals surface area contributed by atoms with E-state index < -0.39 is 0 Å². The van der Waals surface area contributed by atoms with E-state index in [0.717, 1.165) is 22.6 Å². The molecule has 0 saturated carbocycles. The van der Waals surface area contributed by atoms with E-state index >= 15 is 0 Å². The molecule has 5 heteroatoms. The van der Waals surface area contributed by atoms with Crippen molar-refractivity contribution in [3.63, 3.8) is 0 Å². The smallest absolute Gasteiger partial charge is 0.237 e. The predicted molar refractivity (Wildman–Crippen MR) is 101 cm³/mol. The number of rotatable bonds is 6. The standard InChI is InChI=1S/C21H26N2O3/c1-15(18-7-5-4-6-8-18)22-21(24)16(2)23(3)14-17-9-10-19-20(13-17)26-12-11-25-19/h4-10,13,15-16H,11-12,14H2,1-3H3,(H,22,24)/t15-,16+/m0/s1. The van der Waals surface area contributed by atoms with Crippen molar-refractivity contribution in [2.24, 2.45) is 0 Å². The molecular formula is C21H26N2O3. The summed E-state index contributed by atoms with van der Waals surface area (Å²) in [5.41, 5.74) is 2.19. The van der Waals surface area contributed by atoms with E-state index in [-0.39, 0.29) is 18.0 Å². The van der Waals surface area contributed by atoms with Crippen molar-refractivity contribution in [3.8, 4) is 11.5 Å². The zero-order chi connectivity index (χ0) is 18.5. The Hall–Kier alpha value is -2.53. The first-order chi connectivity index (χ1) is 12.5. The lowest BCUT2D eigenvalue weighted by Gasteiger charge is -2.26. The van der Waals surface area contributed by atoms with Gasteiger partial charge < -0.3 is 14.8 Å². The minimum atomic E-state index is -0.241. The minimum absolute atomic E-state index is 0.0152. The molecular weight excluding hydrogens is 328 g/mol. The monoisotopic (exact) mass is 354 g/mol. The van der Waals surface area contributed by atoms with E-state index in [9.17, 15) is 4.79 Å². The molecule has 1 amide bonds. The fourth-order valence-electron chi connectivity index (χ4n) is 2.97. The van der Waals surface area contributed by atoms with Gasteiger partial charge >= 0.3 is 0 Å². The number of ether oxygens (including phenoxy) is 2. The molecule has 138 valence electrons. The molecule has 0 radical (unpaired) electrons. The molecule has 0 bridgehead atoms. The van der Waals surface area contributed by atoms with Crippen molar-refractivity contribution in [3.05, 3.63) is 59.7 Å². The summed E-state index contributed by atoms with van der Waals surface area (Å²) in [7, 11) is 1.95. The molecule has 2 atom stereocenters.